The second-order valence-corrected chi connectivity index (χ2v) is 6.96. The average Bonchev–Trinajstić information content (AvgIpc) is 3.10. The summed E-state index contributed by atoms with van der Waals surface area (Å²) in [5, 5.41) is 2.31. The summed E-state index contributed by atoms with van der Waals surface area (Å²) >= 11 is 0. The molecule has 4 aromatic carbocycles. The van der Waals surface area contributed by atoms with Gasteiger partial charge in [0.1, 0.15) is 22.7 Å². The predicted octanol–water partition coefficient (Wildman–Crippen LogP) is 6.87. The third kappa shape index (κ3) is 2.13. The molecule has 5 aromatic rings. The highest BCUT2D eigenvalue weighted by Crippen LogP contribution is 2.47. The number of fused-ring (bicyclic) bond motifs is 5. The Bertz CT molecular complexity index is 1270. The molecule has 0 saturated heterocycles. The fourth-order valence-electron chi connectivity index (χ4n) is 4.19. The largest absolute Gasteiger partial charge is 0.457 e. The summed E-state index contributed by atoms with van der Waals surface area (Å²) < 4.78 is 12.2. The summed E-state index contributed by atoms with van der Waals surface area (Å²) in [7, 11) is 0. The van der Waals surface area contributed by atoms with Gasteiger partial charge in [-0.2, -0.15) is 0 Å². The minimum atomic E-state index is 0.143. The molecule has 1 aliphatic rings. The fraction of sp³-hybridized carbons (Fsp3) is 0.0400. The lowest BCUT2D eigenvalue weighted by atomic mass is 9.82. The van der Waals surface area contributed by atoms with Gasteiger partial charge in [-0.1, -0.05) is 60.7 Å². The number of hydrogen-bond acceptors (Lipinski definition) is 2. The van der Waals surface area contributed by atoms with E-state index in [4.69, 9.17) is 9.15 Å². The smallest absolute Gasteiger partial charge is 0.135 e. The van der Waals surface area contributed by atoms with Gasteiger partial charge in [-0.25, -0.2) is 0 Å². The van der Waals surface area contributed by atoms with Crippen LogP contribution < -0.4 is 4.74 Å². The normalized spacial score (nSPS) is 13.3. The number of ether oxygens (including phenoxy) is 1. The van der Waals surface area contributed by atoms with Gasteiger partial charge in [0, 0.05) is 27.8 Å². The van der Waals surface area contributed by atoms with Crippen LogP contribution in [0.25, 0.3) is 21.9 Å². The third-order valence-electron chi connectivity index (χ3n) is 5.41. The van der Waals surface area contributed by atoms with Crippen molar-refractivity contribution in [2.24, 2.45) is 0 Å². The molecule has 2 heteroatoms. The lowest BCUT2D eigenvalue weighted by Crippen LogP contribution is -2.11. The van der Waals surface area contributed by atoms with E-state index < -0.39 is 0 Å². The van der Waals surface area contributed by atoms with Crippen LogP contribution in [-0.4, -0.2) is 0 Å². The average molecular weight is 348 g/mol. The first kappa shape index (κ1) is 14.6. The Morgan fingerprint density at radius 3 is 1.96 bits per heavy atom. The molecular weight excluding hydrogens is 332 g/mol. The van der Waals surface area contributed by atoms with Crippen LogP contribution in [0.15, 0.2) is 95.4 Å². The van der Waals surface area contributed by atoms with Crippen molar-refractivity contribution in [3.8, 4) is 11.5 Å². The van der Waals surface area contributed by atoms with Crippen molar-refractivity contribution in [3.63, 3.8) is 0 Å². The van der Waals surface area contributed by atoms with Crippen LogP contribution in [0.5, 0.6) is 11.5 Å². The lowest BCUT2D eigenvalue weighted by molar-refractivity contribution is 0.453. The second-order valence-electron chi connectivity index (χ2n) is 6.96. The summed E-state index contributed by atoms with van der Waals surface area (Å²) in [5.74, 6) is 2.00. The first-order chi connectivity index (χ1) is 13.4. The Morgan fingerprint density at radius 1 is 0.556 bits per heavy atom. The van der Waals surface area contributed by atoms with Crippen molar-refractivity contribution in [2.75, 3.05) is 0 Å². The topological polar surface area (TPSA) is 22.4 Å². The van der Waals surface area contributed by atoms with E-state index in [2.05, 4.69) is 54.6 Å². The van der Waals surface area contributed by atoms with Crippen molar-refractivity contribution >= 4 is 21.9 Å². The monoisotopic (exact) mass is 348 g/mol. The predicted molar refractivity (Wildman–Crippen MR) is 108 cm³/mol. The highest BCUT2D eigenvalue weighted by atomic mass is 16.5. The van der Waals surface area contributed by atoms with Gasteiger partial charge in [0.15, 0.2) is 0 Å². The summed E-state index contributed by atoms with van der Waals surface area (Å²) in [6.45, 7) is 0. The Hall–Kier alpha value is -3.52. The highest BCUT2D eigenvalue weighted by molar-refractivity contribution is 6.05. The van der Waals surface area contributed by atoms with Crippen LogP contribution >= 0.6 is 0 Å². The van der Waals surface area contributed by atoms with Gasteiger partial charge in [-0.15, -0.1) is 0 Å². The Kier molecular flexibility index (Phi) is 2.97. The molecule has 2 heterocycles. The minimum Gasteiger partial charge on any atom is -0.457 e. The van der Waals surface area contributed by atoms with E-state index in [1.807, 2.05) is 36.4 Å². The molecule has 0 atom stereocenters. The molecule has 0 unspecified atom stereocenters. The molecular formula is C25H16O2. The minimum absolute atomic E-state index is 0.143. The maximum Gasteiger partial charge on any atom is 0.135 e. The van der Waals surface area contributed by atoms with Gasteiger partial charge < -0.3 is 9.15 Å². The van der Waals surface area contributed by atoms with E-state index in [0.29, 0.717) is 0 Å². The molecule has 0 spiro atoms. The van der Waals surface area contributed by atoms with Crippen molar-refractivity contribution in [1.29, 1.82) is 0 Å². The molecule has 128 valence electrons. The van der Waals surface area contributed by atoms with E-state index in [-0.39, 0.29) is 5.92 Å². The Balaban J connectivity index is 1.63. The van der Waals surface area contributed by atoms with Gasteiger partial charge in [0.25, 0.3) is 0 Å². The van der Waals surface area contributed by atoms with Gasteiger partial charge in [0.2, 0.25) is 0 Å². The zero-order chi connectivity index (χ0) is 17.8. The van der Waals surface area contributed by atoms with E-state index in [1.54, 1.807) is 0 Å². The first-order valence-electron chi connectivity index (χ1n) is 9.15. The Labute approximate surface area is 156 Å². The van der Waals surface area contributed by atoms with Gasteiger partial charge in [-0.05, 0) is 35.9 Å². The van der Waals surface area contributed by atoms with Gasteiger partial charge in [-0.3, -0.25) is 0 Å². The van der Waals surface area contributed by atoms with E-state index in [0.717, 1.165) is 33.4 Å². The molecule has 0 amide bonds. The quantitative estimate of drug-likeness (QED) is 0.323. The maximum atomic E-state index is 6.15. The van der Waals surface area contributed by atoms with Crippen molar-refractivity contribution in [3.05, 3.63) is 108 Å². The summed E-state index contributed by atoms with van der Waals surface area (Å²) in [6.07, 6.45) is 0. The van der Waals surface area contributed by atoms with Gasteiger partial charge in [0.05, 0.1) is 0 Å². The van der Waals surface area contributed by atoms with Gasteiger partial charge >= 0.3 is 0 Å². The highest BCUT2D eigenvalue weighted by Gasteiger charge is 2.28. The number of rotatable bonds is 1. The van der Waals surface area contributed by atoms with E-state index in [1.165, 1.54) is 16.7 Å². The molecule has 0 saturated carbocycles. The van der Waals surface area contributed by atoms with Crippen LogP contribution in [0.2, 0.25) is 0 Å². The molecule has 27 heavy (non-hydrogen) atoms. The third-order valence-corrected chi connectivity index (χ3v) is 5.41. The molecule has 0 bridgehead atoms. The molecule has 6 rings (SSSR count). The summed E-state index contributed by atoms with van der Waals surface area (Å²) in [6, 6.07) is 31.4. The van der Waals surface area contributed by atoms with E-state index in [9.17, 15) is 0 Å². The van der Waals surface area contributed by atoms with Crippen molar-refractivity contribution in [2.45, 2.75) is 5.92 Å². The zero-order valence-electron chi connectivity index (χ0n) is 14.6. The number of para-hydroxylation sites is 3. The standard InChI is InChI=1S/C25H16O2/c1-4-10-21-17(7-1)20-15-16(13-14-24(20)26-21)25-18-8-2-5-11-22(18)27-23-12-6-3-9-19(23)25/h1-15,25H. The second kappa shape index (κ2) is 5.49. The maximum absolute atomic E-state index is 6.15. The van der Waals surface area contributed by atoms with Crippen LogP contribution in [0.4, 0.5) is 0 Å². The molecule has 0 radical (unpaired) electrons. The molecule has 0 fully saturated rings. The molecule has 1 aromatic heterocycles. The van der Waals surface area contributed by atoms with Crippen molar-refractivity contribution < 1.29 is 9.15 Å². The first-order valence-corrected chi connectivity index (χ1v) is 9.15. The van der Waals surface area contributed by atoms with Crippen LogP contribution in [0.3, 0.4) is 0 Å². The van der Waals surface area contributed by atoms with Crippen LogP contribution in [-0.2, 0) is 0 Å². The lowest BCUT2D eigenvalue weighted by Gasteiger charge is -2.28. The van der Waals surface area contributed by atoms with E-state index >= 15 is 0 Å². The molecule has 0 aliphatic carbocycles. The Morgan fingerprint density at radius 2 is 1.19 bits per heavy atom. The molecule has 1 aliphatic heterocycles. The van der Waals surface area contributed by atoms with Crippen molar-refractivity contribution in [1.82, 2.24) is 0 Å². The SMILES string of the molecule is c1ccc2c(c1)Oc1ccccc1C2c1ccc2oc3ccccc3c2c1. The summed E-state index contributed by atoms with van der Waals surface area (Å²) in [4.78, 5) is 0. The summed E-state index contributed by atoms with van der Waals surface area (Å²) in [5.41, 5.74) is 5.50. The molecule has 0 N–H and O–H groups in total. The number of furan rings is 1. The van der Waals surface area contributed by atoms with Crippen LogP contribution in [0, 0.1) is 0 Å². The zero-order valence-corrected chi connectivity index (χ0v) is 14.6. The number of benzene rings is 4. The van der Waals surface area contributed by atoms with Crippen LogP contribution in [0.1, 0.15) is 22.6 Å². The molecule has 2 nitrogen and oxygen atoms in total. The fourth-order valence-corrected chi connectivity index (χ4v) is 4.19. The number of hydrogen-bond donors (Lipinski definition) is 0.